The van der Waals surface area contributed by atoms with Gasteiger partial charge in [-0.05, 0) is 6.92 Å². The highest BCUT2D eigenvalue weighted by Gasteiger charge is 2.22. The van der Waals surface area contributed by atoms with Crippen molar-refractivity contribution >= 4 is 12.4 Å². The summed E-state index contributed by atoms with van der Waals surface area (Å²) >= 11 is 0. The van der Waals surface area contributed by atoms with Crippen molar-refractivity contribution in [2.45, 2.75) is 19.6 Å². The molecule has 0 saturated carbocycles. The van der Waals surface area contributed by atoms with Crippen molar-refractivity contribution in [2.24, 2.45) is 0 Å². The molecular weight excluding hydrogens is 242 g/mol. The first-order valence-corrected chi connectivity index (χ1v) is 5.46. The van der Waals surface area contributed by atoms with E-state index in [1.807, 2.05) is 0 Å². The molecule has 5 nitrogen and oxygen atoms in total. The van der Waals surface area contributed by atoms with Crippen LogP contribution in [0.3, 0.4) is 0 Å². The van der Waals surface area contributed by atoms with Crippen molar-refractivity contribution in [3.05, 3.63) is 23.0 Å². The number of aliphatic hydroxyl groups is 1. The summed E-state index contributed by atoms with van der Waals surface area (Å²) in [5.74, 6) is 0.188. The molecule has 1 aromatic rings. The van der Waals surface area contributed by atoms with Crippen LogP contribution in [0.5, 0.6) is 5.75 Å². The Morgan fingerprint density at radius 3 is 2.82 bits per heavy atom. The molecule has 1 saturated heterocycles. The van der Waals surface area contributed by atoms with Crippen LogP contribution in [0.25, 0.3) is 0 Å². The molecular formula is C11H18ClN3O2. The van der Waals surface area contributed by atoms with Crippen LogP contribution in [0.15, 0.2) is 6.20 Å². The van der Waals surface area contributed by atoms with Crippen molar-refractivity contribution in [1.82, 2.24) is 15.6 Å². The van der Waals surface area contributed by atoms with E-state index >= 15 is 0 Å². The van der Waals surface area contributed by atoms with E-state index in [0.717, 1.165) is 25.2 Å². The summed E-state index contributed by atoms with van der Waals surface area (Å²) in [6, 6.07) is 0.0394. The zero-order valence-corrected chi connectivity index (χ0v) is 10.5. The Hall–Kier alpha value is -0.880. The van der Waals surface area contributed by atoms with E-state index in [-0.39, 0.29) is 30.8 Å². The molecule has 1 aromatic heterocycles. The molecule has 4 N–H and O–H groups in total. The number of pyridine rings is 1. The van der Waals surface area contributed by atoms with E-state index in [0.29, 0.717) is 11.3 Å². The predicted octanol–water partition coefficient (Wildman–Crippen LogP) is 0.244. The second kappa shape index (κ2) is 6.16. The zero-order chi connectivity index (χ0) is 11.5. The van der Waals surface area contributed by atoms with Gasteiger partial charge in [0.2, 0.25) is 0 Å². The molecule has 17 heavy (non-hydrogen) atoms. The van der Waals surface area contributed by atoms with Gasteiger partial charge >= 0.3 is 0 Å². The Bertz CT molecular complexity index is 381. The fourth-order valence-electron chi connectivity index (χ4n) is 2.02. The number of nitrogens with one attached hydrogen (secondary N) is 2. The summed E-state index contributed by atoms with van der Waals surface area (Å²) in [5, 5.41) is 25.9. The van der Waals surface area contributed by atoms with Crippen molar-refractivity contribution < 1.29 is 10.2 Å². The number of piperazine rings is 1. The molecule has 1 aliphatic heterocycles. The minimum Gasteiger partial charge on any atom is -0.506 e. The Morgan fingerprint density at radius 1 is 1.47 bits per heavy atom. The van der Waals surface area contributed by atoms with Crippen LogP contribution < -0.4 is 10.6 Å². The first kappa shape index (κ1) is 14.2. The molecule has 0 unspecified atom stereocenters. The van der Waals surface area contributed by atoms with Gasteiger partial charge in [0, 0.05) is 43.0 Å². The summed E-state index contributed by atoms with van der Waals surface area (Å²) in [6.45, 7) is 4.20. The van der Waals surface area contributed by atoms with Crippen LogP contribution in [-0.4, -0.2) is 34.8 Å². The number of hydrogen-bond acceptors (Lipinski definition) is 5. The Labute approximate surface area is 107 Å². The minimum absolute atomic E-state index is 0. The molecule has 96 valence electrons. The summed E-state index contributed by atoms with van der Waals surface area (Å²) in [7, 11) is 0. The number of rotatable bonds is 2. The normalized spacial score (nSPS) is 19.8. The molecule has 1 aliphatic rings. The van der Waals surface area contributed by atoms with Gasteiger partial charge in [-0.15, -0.1) is 12.4 Å². The number of aromatic nitrogens is 1. The largest absolute Gasteiger partial charge is 0.506 e. The lowest BCUT2D eigenvalue weighted by Gasteiger charge is -2.27. The maximum absolute atomic E-state index is 10.0. The second-order valence-electron chi connectivity index (χ2n) is 4.00. The average Bonchev–Trinajstić information content (AvgIpc) is 2.33. The number of aryl methyl sites for hydroxylation is 1. The fourth-order valence-corrected chi connectivity index (χ4v) is 2.02. The van der Waals surface area contributed by atoms with Gasteiger partial charge in [0.25, 0.3) is 0 Å². The lowest BCUT2D eigenvalue weighted by molar-refractivity contribution is 0.276. The molecule has 0 bridgehead atoms. The van der Waals surface area contributed by atoms with Crippen molar-refractivity contribution in [2.75, 3.05) is 19.6 Å². The average molecular weight is 260 g/mol. The third-order valence-electron chi connectivity index (χ3n) is 2.92. The summed E-state index contributed by atoms with van der Waals surface area (Å²) in [4.78, 5) is 4.05. The number of aromatic hydroxyl groups is 1. The van der Waals surface area contributed by atoms with Crippen LogP contribution in [0, 0.1) is 6.92 Å². The number of halogens is 1. The lowest BCUT2D eigenvalue weighted by Crippen LogP contribution is -2.43. The fraction of sp³-hybridized carbons (Fsp3) is 0.545. The molecule has 0 radical (unpaired) electrons. The number of aliphatic hydroxyl groups excluding tert-OH is 1. The van der Waals surface area contributed by atoms with Crippen LogP contribution in [0.1, 0.15) is 22.9 Å². The number of nitrogens with zero attached hydrogens (tertiary/aromatic N) is 1. The van der Waals surface area contributed by atoms with Gasteiger partial charge < -0.3 is 20.8 Å². The Balaban J connectivity index is 0.00000144. The van der Waals surface area contributed by atoms with Crippen LogP contribution >= 0.6 is 12.4 Å². The van der Waals surface area contributed by atoms with E-state index < -0.39 is 0 Å². The molecule has 0 aromatic carbocycles. The third kappa shape index (κ3) is 2.87. The topological polar surface area (TPSA) is 77.4 Å². The monoisotopic (exact) mass is 259 g/mol. The van der Waals surface area contributed by atoms with Gasteiger partial charge in [-0.25, -0.2) is 0 Å². The quantitative estimate of drug-likeness (QED) is 0.612. The third-order valence-corrected chi connectivity index (χ3v) is 2.92. The van der Waals surface area contributed by atoms with Crippen LogP contribution in [0.2, 0.25) is 0 Å². The summed E-state index contributed by atoms with van der Waals surface area (Å²) in [5.41, 5.74) is 2.05. The van der Waals surface area contributed by atoms with Crippen LogP contribution in [0.4, 0.5) is 0 Å². The van der Waals surface area contributed by atoms with E-state index in [1.54, 1.807) is 13.1 Å². The highest BCUT2D eigenvalue weighted by molar-refractivity contribution is 5.85. The maximum atomic E-state index is 10.0. The summed E-state index contributed by atoms with van der Waals surface area (Å²) in [6.07, 6.45) is 1.63. The second-order valence-corrected chi connectivity index (χ2v) is 4.00. The van der Waals surface area contributed by atoms with Gasteiger partial charge in [0.15, 0.2) is 0 Å². The molecule has 0 aliphatic carbocycles. The Morgan fingerprint density at radius 2 is 2.24 bits per heavy atom. The van der Waals surface area contributed by atoms with Gasteiger partial charge in [-0.3, -0.25) is 4.98 Å². The van der Waals surface area contributed by atoms with Gasteiger partial charge in [0.1, 0.15) is 5.75 Å². The maximum Gasteiger partial charge on any atom is 0.141 e. The smallest absolute Gasteiger partial charge is 0.141 e. The molecule has 1 atom stereocenters. The number of hydrogen-bond donors (Lipinski definition) is 4. The summed E-state index contributed by atoms with van der Waals surface area (Å²) < 4.78 is 0. The van der Waals surface area contributed by atoms with Crippen molar-refractivity contribution in [3.8, 4) is 5.75 Å². The molecule has 0 amide bonds. The zero-order valence-electron chi connectivity index (χ0n) is 9.73. The van der Waals surface area contributed by atoms with E-state index in [9.17, 15) is 10.2 Å². The minimum atomic E-state index is -0.103. The highest BCUT2D eigenvalue weighted by Crippen LogP contribution is 2.30. The lowest BCUT2D eigenvalue weighted by atomic mass is 9.99. The van der Waals surface area contributed by atoms with Crippen molar-refractivity contribution in [3.63, 3.8) is 0 Å². The van der Waals surface area contributed by atoms with Gasteiger partial charge in [-0.2, -0.15) is 0 Å². The molecule has 6 heteroatoms. The standard InChI is InChI=1S/C11H17N3O2.ClH/c1-7-11(16)10(8(6-15)4-14-7)9-5-12-2-3-13-9;/h4,9,12-13,15-16H,2-3,5-6H2,1H3;1H/t9-;/m1./s1. The first-order valence-electron chi connectivity index (χ1n) is 5.46. The molecule has 2 heterocycles. The van der Waals surface area contributed by atoms with Gasteiger partial charge in [0.05, 0.1) is 12.3 Å². The molecule has 2 rings (SSSR count). The van der Waals surface area contributed by atoms with E-state index in [4.69, 9.17) is 0 Å². The first-order chi connectivity index (χ1) is 7.74. The van der Waals surface area contributed by atoms with Gasteiger partial charge in [-0.1, -0.05) is 0 Å². The SMILES string of the molecule is Cc1ncc(CO)c([C@H]2CNCCN2)c1O.Cl. The Kier molecular flexibility index (Phi) is 5.14. The predicted molar refractivity (Wildman–Crippen MR) is 67.4 cm³/mol. The van der Waals surface area contributed by atoms with Crippen molar-refractivity contribution in [1.29, 1.82) is 0 Å². The molecule has 1 fully saturated rings. The highest BCUT2D eigenvalue weighted by atomic mass is 35.5. The van der Waals surface area contributed by atoms with E-state index in [1.165, 1.54) is 0 Å². The van der Waals surface area contributed by atoms with E-state index in [2.05, 4.69) is 15.6 Å². The van der Waals surface area contributed by atoms with Crippen LogP contribution in [-0.2, 0) is 6.61 Å². The molecule has 0 spiro atoms.